The number of amides is 1. The molecule has 0 heterocycles. The quantitative estimate of drug-likeness (QED) is 0.615. The van der Waals surface area contributed by atoms with Crippen LogP contribution >= 0.6 is 0 Å². The van der Waals surface area contributed by atoms with E-state index in [0.29, 0.717) is 5.69 Å². The van der Waals surface area contributed by atoms with Gasteiger partial charge in [-0.25, -0.2) is 8.42 Å². The fourth-order valence-corrected chi connectivity index (χ4v) is 3.46. The van der Waals surface area contributed by atoms with Crippen molar-refractivity contribution < 1.29 is 18.1 Å². The van der Waals surface area contributed by atoms with E-state index < -0.39 is 20.9 Å². The standard InChI is InChI=1S/C17H19N3O5S/c1-12(2)19(3)26(24,25)16-10-4-13(5-11-16)17(21)18-14-6-8-15(9-7-14)20(22)23/h4-12H,1-3H3,(H,18,21). The third-order valence-corrected chi connectivity index (χ3v) is 5.90. The molecule has 0 saturated heterocycles. The summed E-state index contributed by atoms with van der Waals surface area (Å²) in [5.74, 6) is -0.444. The van der Waals surface area contributed by atoms with Gasteiger partial charge >= 0.3 is 0 Å². The Morgan fingerprint density at radius 3 is 2.08 bits per heavy atom. The van der Waals surface area contributed by atoms with Crippen molar-refractivity contribution in [2.75, 3.05) is 12.4 Å². The molecule has 8 nitrogen and oxygen atoms in total. The maximum Gasteiger partial charge on any atom is 0.269 e. The van der Waals surface area contributed by atoms with Crippen LogP contribution in [0.3, 0.4) is 0 Å². The molecule has 0 radical (unpaired) electrons. The zero-order valence-electron chi connectivity index (χ0n) is 14.5. The predicted octanol–water partition coefficient (Wildman–Crippen LogP) is 2.88. The van der Waals surface area contributed by atoms with Gasteiger partial charge in [0.1, 0.15) is 0 Å². The van der Waals surface area contributed by atoms with Gasteiger partial charge in [-0.3, -0.25) is 14.9 Å². The van der Waals surface area contributed by atoms with Crippen LogP contribution in [0.2, 0.25) is 0 Å². The van der Waals surface area contributed by atoms with Crippen molar-refractivity contribution in [3.05, 3.63) is 64.2 Å². The molecule has 2 aromatic carbocycles. The molecule has 9 heteroatoms. The second-order valence-electron chi connectivity index (χ2n) is 5.90. The number of carbonyl (C=O) groups is 1. The molecule has 0 aliphatic carbocycles. The van der Waals surface area contributed by atoms with E-state index >= 15 is 0 Å². The largest absolute Gasteiger partial charge is 0.322 e. The van der Waals surface area contributed by atoms with Crippen LogP contribution in [-0.2, 0) is 10.0 Å². The molecule has 0 aliphatic rings. The van der Waals surface area contributed by atoms with Gasteiger partial charge in [-0.1, -0.05) is 0 Å². The van der Waals surface area contributed by atoms with Gasteiger partial charge in [-0.15, -0.1) is 0 Å². The Morgan fingerprint density at radius 1 is 1.08 bits per heavy atom. The van der Waals surface area contributed by atoms with Gasteiger partial charge in [-0.2, -0.15) is 4.31 Å². The smallest absolute Gasteiger partial charge is 0.269 e. The second kappa shape index (κ2) is 7.63. The Kier molecular flexibility index (Phi) is 5.73. The lowest BCUT2D eigenvalue weighted by molar-refractivity contribution is -0.384. The Bertz CT molecular complexity index is 906. The maximum absolute atomic E-state index is 12.4. The average molecular weight is 377 g/mol. The third kappa shape index (κ3) is 4.24. The topological polar surface area (TPSA) is 110 Å². The van der Waals surface area contributed by atoms with E-state index in [1.807, 2.05) is 0 Å². The molecule has 0 aliphatic heterocycles. The van der Waals surface area contributed by atoms with Crippen LogP contribution in [0.25, 0.3) is 0 Å². The van der Waals surface area contributed by atoms with Crippen LogP contribution in [0.4, 0.5) is 11.4 Å². The molecule has 0 atom stereocenters. The first-order chi connectivity index (χ1) is 12.1. The second-order valence-corrected chi connectivity index (χ2v) is 7.89. The zero-order valence-corrected chi connectivity index (χ0v) is 15.4. The fourth-order valence-electron chi connectivity index (χ4n) is 2.09. The summed E-state index contributed by atoms with van der Waals surface area (Å²) in [5, 5.41) is 13.2. The first-order valence-corrected chi connectivity index (χ1v) is 9.21. The SMILES string of the molecule is CC(C)N(C)S(=O)(=O)c1ccc(C(=O)Nc2ccc([N+](=O)[O-])cc2)cc1. The molecule has 0 unspecified atom stereocenters. The highest BCUT2D eigenvalue weighted by Gasteiger charge is 2.23. The Hall–Kier alpha value is -2.78. The van der Waals surface area contributed by atoms with E-state index in [4.69, 9.17) is 0 Å². The van der Waals surface area contributed by atoms with Gasteiger partial charge in [0.25, 0.3) is 11.6 Å². The summed E-state index contributed by atoms with van der Waals surface area (Å²) in [6.07, 6.45) is 0. The fraction of sp³-hybridized carbons (Fsp3) is 0.235. The van der Waals surface area contributed by atoms with E-state index in [2.05, 4.69) is 5.32 Å². The minimum absolute atomic E-state index is 0.0770. The van der Waals surface area contributed by atoms with Gasteiger partial charge in [0.2, 0.25) is 10.0 Å². The number of non-ortho nitro benzene ring substituents is 1. The summed E-state index contributed by atoms with van der Waals surface area (Å²) >= 11 is 0. The number of nitrogens with one attached hydrogen (secondary N) is 1. The van der Waals surface area contributed by atoms with Crippen molar-refractivity contribution in [1.82, 2.24) is 4.31 Å². The minimum Gasteiger partial charge on any atom is -0.322 e. The minimum atomic E-state index is -3.61. The molecule has 1 amide bonds. The lowest BCUT2D eigenvalue weighted by Crippen LogP contribution is -2.33. The summed E-state index contributed by atoms with van der Waals surface area (Å²) in [4.78, 5) is 22.4. The number of carbonyl (C=O) groups excluding carboxylic acids is 1. The highest BCUT2D eigenvalue weighted by Crippen LogP contribution is 2.19. The monoisotopic (exact) mass is 377 g/mol. The number of rotatable bonds is 6. The van der Waals surface area contributed by atoms with Crippen LogP contribution in [0.1, 0.15) is 24.2 Å². The van der Waals surface area contributed by atoms with Crippen LogP contribution in [0.15, 0.2) is 53.4 Å². The van der Waals surface area contributed by atoms with Crippen LogP contribution in [0, 0.1) is 10.1 Å². The normalized spacial score (nSPS) is 11.6. The number of benzene rings is 2. The van der Waals surface area contributed by atoms with Crippen molar-refractivity contribution in [2.24, 2.45) is 0 Å². The summed E-state index contributed by atoms with van der Waals surface area (Å²) in [6, 6.07) is 10.8. The molecule has 1 N–H and O–H groups in total. The maximum atomic E-state index is 12.4. The van der Waals surface area contributed by atoms with Gasteiger partial charge in [0.15, 0.2) is 0 Å². The van der Waals surface area contributed by atoms with Crippen molar-refractivity contribution in [3.8, 4) is 0 Å². The average Bonchev–Trinajstić information content (AvgIpc) is 2.61. The van der Waals surface area contributed by atoms with E-state index in [0.717, 1.165) is 0 Å². The number of anilines is 1. The molecule has 2 rings (SSSR count). The molecule has 0 bridgehead atoms. The summed E-state index contributed by atoms with van der Waals surface area (Å²) in [7, 11) is -2.12. The number of hydrogen-bond acceptors (Lipinski definition) is 5. The predicted molar refractivity (Wildman–Crippen MR) is 97.6 cm³/mol. The van der Waals surface area contributed by atoms with Crippen molar-refractivity contribution in [3.63, 3.8) is 0 Å². The first-order valence-electron chi connectivity index (χ1n) is 7.77. The number of nitro groups is 1. The molecule has 2 aromatic rings. The third-order valence-electron chi connectivity index (χ3n) is 3.86. The zero-order chi connectivity index (χ0) is 19.5. The van der Waals surface area contributed by atoms with E-state index in [1.165, 1.54) is 59.9 Å². The number of sulfonamides is 1. The molecule has 0 saturated carbocycles. The molecule has 26 heavy (non-hydrogen) atoms. The van der Waals surface area contributed by atoms with Gasteiger partial charge in [0.05, 0.1) is 9.82 Å². The van der Waals surface area contributed by atoms with Crippen LogP contribution in [0.5, 0.6) is 0 Å². The Balaban J connectivity index is 2.15. The number of nitrogens with zero attached hydrogens (tertiary/aromatic N) is 2. The van der Waals surface area contributed by atoms with Crippen molar-refractivity contribution in [1.29, 1.82) is 0 Å². The Morgan fingerprint density at radius 2 is 1.62 bits per heavy atom. The highest BCUT2D eigenvalue weighted by molar-refractivity contribution is 7.89. The summed E-state index contributed by atoms with van der Waals surface area (Å²) in [5.41, 5.74) is 0.596. The molecular weight excluding hydrogens is 358 g/mol. The van der Waals surface area contributed by atoms with Gasteiger partial charge in [-0.05, 0) is 50.2 Å². The van der Waals surface area contributed by atoms with Crippen LogP contribution in [-0.4, -0.2) is 36.6 Å². The lowest BCUT2D eigenvalue weighted by Gasteiger charge is -2.21. The first kappa shape index (κ1) is 19.5. The molecule has 0 aromatic heterocycles. The van der Waals surface area contributed by atoms with Gasteiger partial charge < -0.3 is 5.32 Å². The molecule has 0 spiro atoms. The summed E-state index contributed by atoms with van der Waals surface area (Å²) in [6.45, 7) is 3.53. The van der Waals surface area contributed by atoms with E-state index in [9.17, 15) is 23.3 Å². The molecule has 0 fully saturated rings. The molecular formula is C17H19N3O5S. The van der Waals surface area contributed by atoms with Crippen molar-refractivity contribution >= 4 is 27.3 Å². The summed E-state index contributed by atoms with van der Waals surface area (Å²) < 4.78 is 26.1. The van der Waals surface area contributed by atoms with Gasteiger partial charge in [0, 0.05) is 36.5 Å². The highest BCUT2D eigenvalue weighted by atomic mass is 32.2. The molecule has 138 valence electrons. The number of nitro benzene ring substituents is 1. The lowest BCUT2D eigenvalue weighted by atomic mass is 10.2. The Labute approximate surface area is 151 Å². The number of hydrogen-bond donors (Lipinski definition) is 1. The van der Waals surface area contributed by atoms with Crippen molar-refractivity contribution in [2.45, 2.75) is 24.8 Å². The van der Waals surface area contributed by atoms with Crippen LogP contribution < -0.4 is 5.32 Å². The van der Waals surface area contributed by atoms with E-state index in [-0.39, 0.29) is 22.2 Å². The van der Waals surface area contributed by atoms with E-state index in [1.54, 1.807) is 13.8 Å².